The maximum atomic E-state index is 11.4. The number of ketones is 1. The molecule has 0 aromatic carbocycles. The molecule has 0 saturated carbocycles. The van der Waals surface area contributed by atoms with E-state index in [2.05, 4.69) is 4.74 Å². The van der Waals surface area contributed by atoms with Crippen LogP contribution >= 0.6 is 11.8 Å². The second-order valence-corrected chi connectivity index (χ2v) is 3.86. The molecule has 0 fully saturated rings. The predicted octanol–water partition coefficient (Wildman–Crippen LogP) is 1.51. The lowest BCUT2D eigenvalue weighted by molar-refractivity contribution is -0.148. The van der Waals surface area contributed by atoms with Gasteiger partial charge in [-0.25, -0.2) is 0 Å². The van der Waals surface area contributed by atoms with Crippen LogP contribution in [-0.2, 0) is 14.3 Å². The highest BCUT2D eigenvalue weighted by molar-refractivity contribution is 7.99. The molecule has 0 radical (unpaired) electrons. The SMILES string of the molecule is CCSCC(=O)C(CC)C(=O)OC. The van der Waals surface area contributed by atoms with E-state index in [0.717, 1.165) is 5.75 Å². The number of esters is 1. The Morgan fingerprint density at radius 3 is 2.38 bits per heavy atom. The summed E-state index contributed by atoms with van der Waals surface area (Å²) < 4.78 is 4.54. The van der Waals surface area contributed by atoms with Crippen LogP contribution in [0.15, 0.2) is 0 Å². The van der Waals surface area contributed by atoms with E-state index >= 15 is 0 Å². The molecule has 13 heavy (non-hydrogen) atoms. The van der Waals surface area contributed by atoms with E-state index in [1.54, 1.807) is 0 Å². The fourth-order valence-corrected chi connectivity index (χ4v) is 1.58. The summed E-state index contributed by atoms with van der Waals surface area (Å²) in [6.45, 7) is 3.80. The van der Waals surface area contributed by atoms with Crippen molar-refractivity contribution < 1.29 is 14.3 Å². The minimum Gasteiger partial charge on any atom is -0.468 e. The van der Waals surface area contributed by atoms with Gasteiger partial charge in [0, 0.05) is 0 Å². The molecule has 0 aliphatic rings. The zero-order chi connectivity index (χ0) is 10.3. The Morgan fingerprint density at radius 2 is 2.00 bits per heavy atom. The Labute approximate surface area is 83.2 Å². The van der Waals surface area contributed by atoms with Crippen LogP contribution in [0.5, 0.6) is 0 Å². The van der Waals surface area contributed by atoms with Gasteiger partial charge in [0.05, 0.1) is 12.9 Å². The van der Waals surface area contributed by atoms with Crippen molar-refractivity contribution in [1.29, 1.82) is 0 Å². The number of thioether (sulfide) groups is 1. The van der Waals surface area contributed by atoms with Crippen molar-refractivity contribution in [2.45, 2.75) is 20.3 Å². The maximum absolute atomic E-state index is 11.4. The lowest BCUT2D eigenvalue weighted by atomic mass is 10.0. The first-order valence-corrected chi connectivity index (χ1v) is 5.51. The third kappa shape index (κ3) is 4.31. The Hall–Kier alpha value is -0.510. The van der Waals surface area contributed by atoms with Crippen LogP contribution < -0.4 is 0 Å². The molecular weight excluding hydrogens is 188 g/mol. The standard InChI is InChI=1S/C9H16O3S/c1-4-7(9(11)12-3)8(10)6-13-5-2/h7H,4-6H2,1-3H3. The van der Waals surface area contributed by atoms with Crippen molar-refractivity contribution in [1.82, 2.24) is 0 Å². The van der Waals surface area contributed by atoms with Crippen molar-refractivity contribution in [3.05, 3.63) is 0 Å². The van der Waals surface area contributed by atoms with E-state index in [1.807, 2.05) is 13.8 Å². The smallest absolute Gasteiger partial charge is 0.316 e. The van der Waals surface area contributed by atoms with E-state index < -0.39 is 11.9 Å². The molecule has 0 N–H and O–H groups in total. The highest BCUT2D eigenvalue weighted by atomic mass is 32.2. The molecule has 0 rings (SSSR count). The van der Waals surface area contributed by atoms with Crippen LogP contribution in [0, 0.1) is 5.92 Å². The third-order valence-corrected chi connectivity index (χ3v) is 2.63. The summed E-state index contributed by atoms with van der Waals surface area (Å²) in [5, 5.41) is 0. The molecule has 0 aromatic rings. The van der Waals surface area contributed by atoms with Gasteiger partial charge in [-0.05, 0) is 12.2 Å². The quantitative estimate of drug-likeness (QED) is 0.486. The van der Waals surface area contributed by atoms with E-state index in [1.165, 1.54) is 18.9 Å². The van der Waals surface area contributed by atoms with Crippen LogP contribution in [0.4, 0.5) is 0 Å². The third-order valence-electron chi connectivity index (χ3n) is 1.73. The van der Waals surface area contributed by atoms with Crippen LogP contribution in [0.1, 0.15) is 20.3 Å². The molecular formula is C9H16O3S. The minimum atomic E-state index is -0.566. The van der Waals surface area contributed by atoms with Crippen LogP contribution in [0.2, 0.25) is 0 Å². The Morgan fingerprint density at radius 1 is 1.38 bits per heavy atom. The fourth-order valence-electron chi connectivity index (χ4n) is 0.971. The van der Waals surface area contributed by atoms with Gasteiger partial charge in [-0.2, -0.15) is 11.8 Å². The normalized spacial score (nSPS) is 12.2. The molecule has 0 heterocycles. The van der Waals surface area contributed by atoms with Gasteiger partial charge in [-0.1, -0.05) is 13.8 Å². The zero-order valence-corrected chi connectivity index (χ0v) is 9.15. The summed E-state index contributed by atoms with van der Waals surface area (Å²) in [5.41, 5.74) is 0. The molecule has 4 heteroatoms. The lowest BCUT2D eigenvalue weighted by Crippen LogP contribution is -2.26. The average molecular weight is 204 g/mol. The van der Waals surface area contributed by atoms with Gasteiger partial charge in [0.25, 0.3) is 0 Å². The first-order chi connectivity index (χ1) is 6.17. The predicted molar refractivity (Wildman–Crippen MR) is 53.8 cm³/mol. The number of methoxy groups -OCH3 is 1. The Balaban J connectivity index is 4.07. The highest BCUT2D eigenvalue weighted by Crippen LogP contribution is 2.10. The monoisotopic (exact) mass is 204 g/mol. The number of carbonyl (C=O) groups excluding carboxylic acids is 2. The molecule has 0 spiro atoms. The number of hydrogen-bond acceptors (Lipinski definition) is 4. The maximum Gasteiger partial charge on any atom is 0.316 e. The van der Waals surface area contributed by atoms with Crippen LogP contribution in [0.25, 0.3) is 0 Å². The topological polar surface area (TPSA) is 43.4 Å². The number of rotatable bonds is 6. The van der Waals surface area contributed by atoms with Gasteiger partial charge in [0.1, 0.15) is 5.92 Å². The number of ether oxygens (including phenoxy) is 1. The summed E-state index contributed by atoms with van der Waals surface area (Å²) in [7, 11) is 1.31. The Bertz CT molecular complexity index is 180. The van der Waals surface area contributed by atoms with E-state index in [9.17, 15) is 9.59 Å². The highest BCUT2D eigenvalue weighted by Gasteiger charge is 2.24. The number of carbonyl (C=O) groups is 2. The molecule has 0 aromatic heterocycles. The summed E-state index contributed by atoms with van der Waals surface area (Å²) in [4.78, 5) is 22.5. The van der Waals surface area contributed by atoms with Crippen molar-refractivity contribution in [3.8, 4) is 0 Å². The molecule has 0 amide bonds. The van der Waals surface area contributed by atoms with E-state index in [0.29, 0.717) is 12.2 Å². The fraction of sp³-hybridized carbons (Fsp3) is 0.778. The van der Waals surface area contributed by atoms with Crippen LogP contribution in [-0.4, -0.2) is 30.4 Å². The van der Waals surface area contributed by atoms with Gasteiger partial charge >= 0.3 is 5.97 Å². The minimum absolute atomic E-state index is 0.0267. The summed E-state index contributed by atoms with van der Waals surface area (Å²) in [6, 6.07) is 0. The largest absolute Gasteiger partial charge is 0.468 e. The second-order valence-electron chi connectivity index (χ2n) is 2.59. The van der Waals surface area contributed by atoms with Gasteiger partial charge < -0.3 is 4.74 Å². The van der Waals surface area contributed by atoms with Gasteiger partial charge in [0.15, 0.2) is 5.78 Å². The molecule has 0 bridgehead atoms. The molecule has 0 saturated heterocycles. The summed E-state index contributed by atoms with van der Waals surface area (Å²) in [5.74, 6) is 0.294. The van der Waals surface area contributed by atoms with Gasteiger partial charge in [-0.15, -0.1) is 0 Å². The zero-order valence-electron chi connectivity index (χ0n) is 8.33. The molecule has 0 aliphatic carbocycles. The van der Waals surface area contributed by atoms with Crippen molar-refractivity contribution in [3.63, 3.8) is 0 Å². The van der Waals surface area contributed by atoms with E-state index in [-0.39, 0.29) is 5.78 Å². The molecule has 1 unspecified atom stereocenters. The molecule has 3 nitrogen and oxygen atoms in total. The summed E-state index contributed by atoms with van der Waals surface area (Å²) >= 11 is 1.53. The Kier molecular flexibility index (Phi) is 6.68. The number of Topliss-reactive ketones (excluding diaryl/α,β-unsaturated/α-hetero) is 1. The molecule has 76 valence electrons. The molecule has 0 aliphatic heterocycles. The summed E-state index contributed by atoms with van der Waals surface area (Å²) in [6.07, 6.45) is 0.524. The lowest BCUT2D eigenvalue weighted by Gasteiger charge is -2.10. The molecule has 1 atom stereocenters. The van der Waals surface area contributed by atoms with E-state index in [4.69, 9.17) is 0 Å². The number of hydrogen-bond donors (Lipinski definition) is 0. The van der Waals surface area contributed by atoms with Crippen molar-refractivity contribution in [2.75, 3.05) is 18.6 Å². The van der Waals surface area contributed by atoms with Crippen LogP contribution in [0.3, 0.4) is 0 Å². The first kappa shape index (κ1) is 12.5. The van der Waals surface area contributed by atoms with Crippen molar-refractivity contribution in [2.24, 2.45) is 5.92 Å². The van der Waals surface area contributed by atoms with Crippen molar-refractivity contribution >= 4 is 23.5 Å². The van der Waals surface area contributed by atoms with Gasteiger partial charge in [-0.3, -0.25) is 9.59 Å². The first-order valence-electron chi connectivity index (χ1n) is 4.35. The average Bonchev–Trinajstić information content (AvgIpc) is 2.15. The van der Waals surface area contributed by atoms with Gasteiger partial charge in [0.2, 0.25) is 0 Å². The second kappa shape index (κ2) is 6.95.